The SMILES string of the molecule is COc1ccc(S(=O)(=O)N(C)c2ccc(OCc3cc(C(C)=O)ccc3OC)cc2)cc1. The molecule has 0 aliphatic carbocycles. The number of sulfonamides is 1. The minimum Gasteiger partial charge on any atom is -0.497 e. The van der Waals surface area contributed by atoms with Crippen molar-refractivity contribution in [2.75, 3.05) is 25.6 Å². The highest BCUT2D eigenvalue weighted by molar-refractivity contribution is 7.92. The smallest absolute Gasteiger partial charge is 0.264 e. The molecule has 3 aromatic rings. The predicted molar refractivity (Wildman–Crippen MR) is 122 cm³/mol. The molecule has 0 fully saturated rings. The van der Waals surface area contributed by atoms with Crippen molar-refractivity contribution in [1.82, 2.24) is 0 Å². The van der Waals surface area contributed by atoms with E-state index in [-0.39, 0.29) is 17.3 Å². The van der Waals surface area contributed by atoms with Crippen LogP contribution in [0.25, 0.3) is 0 Å². The van der Waals surface area contributed by atoms with E-state index in [0.29, 0.717) is 28.5 Å². The third-order valence-electron chi connectivity index (χ3n) is 5.00. The van der Waals surface area contributed by atoms with E-state index in [9.17, 15) is 13.2 Å². The Morgan fingerprint density at radius 3 is 2.06 bits per heavy atom. The fourth-order valence-electron chi connectivity index (χ4n) is 3.07. The number of hydrogen-bond donors (Lipinski definition) is 0. The summed E-state index contributed by atoms with van der Waals surface area (Å²) in [4.78, 5) is 11.8. The summed E-state index contributed by atoms with van der Waals surface area (Å²) in [6.45, 7) is 1.70. The fraction of sp³-hybridized carbons (Fsp3) is 0.208. The number of benzene rings is 3. The Kier molecular flexibility index (Phi) is 7.05. The van der Waals surface area contributed by atoms with Crippen LogP contribution in [0.3, 0.4) is 0 Å². The second-order valence-electron chi connectivity index (χ2n) is 7.01. The van der Waals surface area contributed by atoms with E-state index in [1.807, 2.05) is 0 Å². The van der Waals surface area contributed by atoms with Crippen LogP contribution in [0.5, 0.6) is 17.2 Å². The van der Waals surface area contributed by atoms with Crippen LogP contribution in [0.4, 0.5) is 5.69 Å². The van der Waals surface area contributed by atoms with Crippen LogP contribution in [0.1, 0.15) is 22.8 Å². The molecule has 0 amide bonds. The molecule has 0 radical (unpaired) electrons. The van der Waals surface area contributed by atoms with E-state index in [1.165, 1.54) is 37.5 Å². The van der Waals surface area contributed by atoms with Gasteiger partial charge >= 0.3 is 0 Å². The highest BCUT2D eigenvalue weighted by atomic mass is 32.2. The van der Waals surface area contributed by atoms with Crippen LogP contribution >= 0.6 is 0 Å². The molecule has 0 unspecified atom stereocenters. The second-order valence-corrected chi connectivity index (χ2v) is 8.98. The quantitative estimate of drug-likeness (QED) is 0.447. The van der Waals surface area contributed by atoms with Crippen LogP contribution in [-0.4, -0.2) is 35.5 Å². The Bertz CT molecular complexity index is 1190. The van der Waals surface area contributed by atoms with Crippen LogP contribution in [0.15, 0.2) is 71.6 Å². The predicted octanol–water partition coefficient (Wildman–Crippen LogP) is 4.31. The van der Waals surface area contributed by atoms with Gasteiger partial charge in [0.2, 0.25) is 0 Å². The molecule has 0 saturated heterocycles. The number of hydrogen-bond acceptors (Lipinski definition) is 6. The van der Waals surface area contributed by atoms with Crippen molar-refractivity contribution in [3.63, 3.8) is 0 Å². The number of rotatable bonds is 9. The third kappa shape index (κ3) is 5.03. The average Bonchev–Trinajstić information content (AvgIpc) is 2.82. The Labute approximate surface area is 188 Å². The van der Waals surface area contributed by atoms with Crippen molar-refractivity contribution in [3.05, 3.63) is 77.9 Å². The molecule has 0 atom stereocenters. The summed E-state index contributed by atoms with van der Waals surface area (Å²) in [5, 5.41) is 0. The third-order valence-corrected chi connectivity index (χ3v) is 6.80. The minimum atomic E-state index is -3.72. The fourth-order valence-corrected chi connectivity index (χ4v) is 4.26. The zero-order chi connectivity index (χ0) is 23.3. The van der Waals surface area contributed by atoms with Crippen LogP contribution in [0.2, 0.25) is 0 Å². The molecule has 3 rings (SSSR count). The summed E-state index contributed by atoms with van der Waals surface area (Å²) < 4.78 is 43.2. The van der Waals surface area contributed by atoms with Crippen molar-refractivity contribution in [1.29, 1.82) is 0 Å². The molecule has 7 nitrogen and oxygen atoms in total. The maximum atomic E-state index is 12.9. The van der Waals surface area contributed by atoms with E-state index in [0.717, 1.165) is 5.56 Å². The van der Waals surface area contributed by atoms with E-state index < -0.39 is 10.0 Å². The van der Waals surface area contributed by atoms with Gasteiger partial charge < -0.3 is 14.2 Å². The number of ketones is 1. The monoisotopic (exact) mass is 455 g/mol. The van der Waals surface area contributed by atoms with Gasteiger partial charge in [-0.2, -0.15) is 0 Å². The lowest BCUT2D eigenvalue weighted by Crippen LogP contribution is -2.26. The second kappa shape index (κ2) is 9.74. The first-order chi connectivity index (χ1) is 15.3. The number of carbonyl (C=O) groups is 1. The van der Waals surface area contributed by atoms with E-state index in [2.05, 4.69) is 0 Å². The number of nitrogens with zero attached hydrogens (tertiary/aromatic N) is 1. The lowest BCUT2D eigenvalue weighted by atomic mass is 10.1. The molecular weight excluding hydrogens is 430 g/mol. The number of methoxy groups -OCH3 is 2. The van der Waals surface area contributed by atoms with Gasteiger partial charge in [0.25, 0.3) is 10.0 Å². The summed E-state index contributed by atoms with van der Waals surface area (Å²) in [5.41, 5.74) is 1.80. The zero-order valence-electron chi connectivity index (χ0n) is 18.4. The number of carbonyl (C=O) groups excluding carboxylic acids is 1. The summed E-state index contributed by atoms with van der Waals surface area (Å²) in [6.07, 6.45) is 0. The van der Waals surface area contributed by atoms with Crippen molar-refractivity contribution in [3.8, 4) is 17.2 Å². The van der Waals surface area contributed by atoms with Gasteiger partial charge in [-0.3, -0.25) is 9.10 Å². The average molecular weight is 456 g/mol. The molecule has 0 aliphatic rings. The van der Waals surface area contributed by atoms with Crippen molar-refractivity contribution in [2.24, 2.45) is 0 Å². The molecule has 32 heavy (non-hydrogen) atoms. The van der Waals surface area contributed by atoms with Gasteiger partial charge in [-0.25, -0.2) is 8.42 Å². The topological polar surface area (TPSA) is 82.1 Å². The van der Waals surface area contributed by atoms with Gasteiger partial charge in [0.15, 0.2) is 5.78 Å². The van der Waals surface area contributed by atoms with Crippen molar-refractivity contribution in [2.45, 2.75) is 18.4 Å². The van der Waals surface area contributed by atoms with Gasteiger partial charge in [-0.15, -0.1) is 0 Å². The molecule has 0 bridgehead atoms. The number of Topliss-reactive ketones (excluding diaryl/α,β-unsaturated/α-hetero) is 1. The maximum absolute atomic E-state index is 12.9. The van der Waals surface area contributed by atoms with E-state index in [4.69, 9.17) is 14.2 Å². The molecular formula is C24H25NO6S. The Hall–Kier alpha value is -3.52. The normalized spacial score (nSPS) is 11.0. The summed E-state index contributed by atoms with van der Waals surface area (Å²) in [5.74, 6) is 1.72. The zero-order valence-corrected chi connectivity index (χ0v) is 19.2. The van der Waals surface area contributed by atoms with Gasteiger partial charge in [0.05, 0.1) is 24.8 Å². The minimum absolute atomic E-state index is 0.0423. The first-order valence-corrected chi connectivity index (χ1v) is 11.2. The highest BCUT2D eigenvalue weighted by Gasteiger charge is 2.21. The Morgan fingerprint density at radius 2 is 1.50 bits per heavy atom. The molecule has 0 spiro atoms. The van der Waals surface area contributed by atoms with Crippen LogP contribution in [-0.2, 0) is 16.6 Å². The van der Waals surface area contributed by atoms with Crippen molar-refractivity contribution < 1.29 is 27.4 Å². The number of anilines is 1. The largest absolute Gasteiger partial charge is 0.497 e. The van der Waals surface area contributed by atoms with Crippen LogP contribution in [0, 0.1) is 0 Å². The molecule has 8 heteroatoms. The summed E-state index contributed by atoms with van der Waals surface area (Å²) in [7, 11) is 0.854. The first kappa shape index (κ1) is 23.1. The van der Waals surface area contributed by atoms with Gasteiger partial charge in [-0.1, -0.05) is 0 Å². The maximum Gasteiger partial charge on any atom is 0.264 e. The molecule has 0 N–H and O–H groups in total. The lowest BCUT2D eigenvalue weighted by Gasteiger charge is -2.20. The number of ether oxygens (including phenoxy) is 3. The Balaban J connectivity index is 1.73. The van der Waals surface area contributed by atoms with E-state index >= 15 is 0 Å². The van der Waals surface area contributed by atoms with E-state index in [1.54, 1.807) is 61.7 Å². The summed E-state index contributed by atoms with van der Waals surface area (Å²) in [6, 6.07) is 18.1. The van der Waals surface area contributed by atoms with Crippen molar-refractivity contribution >= 4 is 21.5 Å². The summed E-state index contributed by atoms with van der Waals surface area (Å²) >= 11 is 0. The molecule has 3 aromatic carbocycles. The molecule has 168 valence electrons. The van der Waals surface area contributed by atoms with Gasteiger partial charge in [-0.05, 0) is 73.7 Å². The molecule has 0 aliphatic heterocycles. The highest BCUT2D eigenvalue weighted by Crippen LogP contribution is 2.27. The molecule has 0 heterocycles. The molecule has 0 aromatic heterocycles. The van der Waals surface area contributed by atoms with Gasteiger partial charge in [0, 0.05) is 18.2 Å². The van der Waals surface area contributed by atoms with Crippen LogP contribution < -0.4 is 18.5 Å². The van der Waals surface area contributed by atoms with Gasteiger partial charge in [0.1, 0.15) is 23.9 Å². The standard InChI is InChI=1S/C24H25NO6S/c1-17(26)18-5-14-24(30-4)19(15-18)16-31-22-8-6-20(7-9-22)25(2)32(27,28)23-12-10-21(29-3)11-13-23/h5-15H,16H2,1-4H3. The molecule has 0 saturated carbocycles. The Morgan fingerprint density at radius 1 is 0.875 bits per heavy atom. The first-order valence-electron chi connectivity index (χ1n) is 9.80. The lowest BCUT2D eigenvalue weighted by molar-refractivity contribution is 0.101.